The molecule has 1 nitrogen and oxygen atoms in total. The van der Waals surface area contributed by atoms with Crippen LogP contribution in [0.1, 0.15) is 79.1 Å². The molecule has 0 saturated heterocycles. The lowest BCUT2D eigenvalue weighted by atomic mass is 9.47. The zero-order valence-electron chi connectivity index (χ0n) is 16.6. The SMILES string of the molecule is CC/C=C(\C)C1=CCC2C3CC=C4CC(O)CCC4(C)C3CCC12C. The number of fused-ring (bicyclic) bond motifs is 5. The fourth-order valence-electron chi connectivity index (χ4n) is 7.24. The Labute approximate surface area is 154 Å². The predicted molar refractivity (Wildman–Crippen MR) is 105 cm³/mol. The Balaban J connectivity index is 1.64. The molecule has 0 bridgehead atoms. The molecule has 4 aliphatic rings. The van der Waals surface area contributed by atoms with Crippen LogP contribution >= 0.6 is 0 Å². The van der Waals surface area contributed by atoms with Crippen molar-refractivity contribution < 1.29 is 5.11 Å². The molecule has 6 atom stereocenters. The molecule has 4 aliphatic carbocycles. The Hall–Kier alpha value is -0.820. The standard InChI is InChI=1S/C24H36O/c1-5-6-16(2)20-9-10-21-19-8-7-17-15-18(25)11-13-23(17,3)22(19)12-14-24(20,21)4/h6-7,9,18-19,21-22,25H,5,8,10-15H2,1-4H3/b16-6+. The summed E-state index contributed by atoms with van der Waals surface area (Å²) < 4.78 is 0. The van der Waals surface area contributed by atoms with Gasteiger partial charge in [-0.2, -0.15) is 0 Å². The Morgan fingerprint density at radius 2 is 1.88 bits per heavy atom. The smallest absolute Gasteiger partial charge is 0.0577 e. The summed E-state index contributed by atoms with van der Waals surface area (Å²) in [5.41, 5.74) is 5.54. The molecule has 25 heavy (non-hydrogen) atoms. The average molecular weight is 341 g/mol. The summed E-state index contributed by atoms with van der Waals surface area (Å²) in [7, 11) is 0. The van der Waals surface area contributed by atoms with E-state index in [9.17, 15) is 5.11 Å². The summed E-state index contributed by atoms with van der Waals surface area (Å²) in [6.07, 6.45) is 17.0. The highest BCUT2D eigenvalue weighted by Crippen LogP contribution is 2.65. The highest BCUT2D eigenvalue weighted by atomic mass is 16.3. The van der Waals surface area contributed by atoms with Crippen molar-refractivity contribution in [2.24, 2.45) is 28.6 Å². The van der Waals surface area contributed by atoms with Crippen molar-refractivity contribution in [3.05, 3.63) is 34.9 Å². The summed E-state index contributed by atoms with van der Waals surface area (Å²) in [5, 5.41) is 10.1. The molecule has 0 aromatic carbocycles. The van der Waals surface area contributed by atoms with Gasteiger partial charge in [-0.25, -0.2) is 0 Å². The van der Waals surface area contributed by atoms with E-state index < -0.39 is 0 Å². The lowest BCUT2D eigenvalue weighted by molar-refractivity contribution is -0.0288. The molecular weight excluding hydrogens is 304 g/mol. The van der Waals surface area contributed by atoms with E-state index in [1.54, 1.807) is 11.1 Å². The Morgan fingerprint density at radius 3 is 2.64 bits per heavy atom. The van der Waals surface area contributed by atoms with Crippen molar-refractivity contribution in [2.75, 3.05) is 0 Å². The summed E-state index contributed by atoms with van der Waals surface area (Å²) in [6, 6.07) is 0. The van der Waals surface area contributed by atoms with E-state index in [0.29, 0.717) is 10.8 Å². The van der Waals surface area contributed by atoms with Gasteiger partial charge in [-0.1, -0.05) is 50.1 Å². The van der Waals surface area contributed by atoms with E-state index in [1.807, 2.05) is 0 Å². The van der Waals surface area contributed by atoms with Crippen LogP contribution in [-0.4, -0.2) is 11.2 Å². The summed E-state index contributed by atoms with van der Waals surface area (Å²) in [6.45, 7) is 9.67. The van der Waals surface area contributed by atoms with Crippen LogP contribution in [0, 0.1) is 28.6 Å². The third-order valence-electron chi connectivity index (χ3n) is 8.59. The monoisotopic (exact) mass is 340 g/mol. The lowest BCUT2D eigenvalue weighted by Crippen LogP contribution is -2.50. The second kappa shape index (κ2) is 6.12. The van der Waals surface area contributed by atoms with Crippen LogP contribution in [0.4, 0.5) is 0 Å². The first-order valence-corrected chi connectivity index (χ1v) is 10.7. The van der Waals surface area contributed by atoms with Gasteiger partial charge in [0, 0.05) is 0 Å². The molecule has 0 amide bonds. The van der Waals surface area contributed by atoms with Crippen LogP contribution < -0.4 is 0 Å². The van der Waals surface area contributed by atoms with Crippen LogP contribution in [0.5, 0.6) is 0 Å². The molecule has 0 heterocycles. The molecule has 0 spiro atoms. The Kier molecular flexibility index (Phi) is 4.30. The van der Waals surface area contributed by atoms with E-state index in [4.69, 9.17) is 0 Å². The van der Waals surface area contributed by atoms with Gasteiger partial charge in [-0.3, -0.25) is 0 Å². The minimum atomic E-state index is -0.0914. The average Bonchev–Trinajstić information content (AvgIpc) is 2.93. The van der Waals surface area contributed by atoms with Crippen LogP contribution in [-0.2, 0) is 0 Å². The lowest BCUT2D eigenvalue weighted by Gasteiger charge is -2.57. The summed E-state index contributed by atoms with van der Waals surface area (Å²) >= 11 is 0. The molecule has 4 rings (SSSR count). The minimum Gasteiger partial charge on any atom is -0.393 e. The fourth-order valence-corrected chi connectivity index (χ4v) is 7.24. The van der Waals surface area contributed by atoms with E-state index in [-0.39, 0.29) is 6.10 Å². The van der Waals surface area contributed by atoms with Crippen LogP contribution in [0.2, 0.25) is 0 Å². The Bertz CT molecular complexity index is 638. The van der Waals surface area contributed by atoms with Crippen molar-refractivity contribution in [1.82, 2.24) is 0 Å². The molecule has 6 unspecified atom stereocenters. The fraction of sp³-hybridized carbons (Fsp3) is 0.750. The largest absolute Gasteiger partial charge is 0.393 e. The van der Waals surface area contributed by atoms with Crippen LogP contribution in [0.3, 0.4) is 0 Å². The van der Waals surface area contributed by atoms with Gasteiger partial charge in [-0.05, 0) is 92.4 Å². The van der Waals surface area contributed by atoms with Crippen molar-refractivity contribution in [2.45, 2.75) is 85.2 Å². The van der Waals surface area contributed by atoms with Gasteiger partial charge >= 0.3 is 0 Å². The maximum Gasteiger partial charge on any atom is 0.0577 e. The van der Waals surface area contributed by atoms with Gasteiger partial charge in [0.15, 0.2) is 0 Å². The normalized spacial score (nSPS) is 46.7. The van der Waals surface area contributed by atoms with E-state index in [1.165, 1.54) is 37.7 Å². The second-order valence-electron chi connectivity index (χ2n) is 9.76. The van der Waals surface area contributed by atoms with Gasteiger partial charge in [0.25, 0.3) is 0 Å². The quantitative estimate of drug-likeness (QED) is 0.593. The maximum absolute atomic E-state index is 10.1. The maximum atomic E-state index is 10.1. The molecule has 2 fully saturated rings. The van der Waals surface area contributed by atoms with Gasteiger partial charge < -0.3 is 5.11 Å². The molecule has 2 saturated carbocycles. The third-order valence-corrected chi connectivity index (χ3v) is 8.59. The van der Waals surface area contributed by atoms with E-state index in [0.717, 1.165) is 37.0 Å². The predicted octanol–water partition coefficient (Wildman–Crippen LogP) is 6.20. The number of allylic oxidation sites excluding steroid dienone is 5. The zero-order valence-corrected chi connectivity index (χ0v) is 16.6. The molecule has 0 aromatic heterocycles. The number of rotatable bonds is 2. The van der Waals surface area contributed by atoms with Crippen molar-refractivity contribution in [3.8, 4) is 0 Å². The van der Waals surface area contributed by atoms with E-state index >= 15 is 0 Å². The topological polar surface area (TPSA) is 20.2 Å². The molecule has 1 N–H and O–H groups in total. The Morgan fingerprint density at radius 1 is 1.12 bits per heavy atom. The van der Waals surface area contributed by atoms with Crippen LogP contribution in [0.15, 0.2) is 34.9 Å². The van der Waals surface area contributed by atoms with E-state index in [2.05, 4.69) is 45.9 Å². The van der Waals surface area contributed by atoms with Crippen molar-refractivity contribution >= 4 is 0 Å². The minimum absolute atomic E-state index is 0.0914. The highest BCUT2D eigenvalue weighted by Gasteiger charge is 2.56. The van der Waals surface area contributed by atoms with Crippen LogP contribution in [0.25, 0.3) is 0 Å². The van der Waals surface area contributed by atoms with Crippen molar-refractivity contribution in [3.63, 3.8) is 0 Å². The molecule has 138 valence electrons. The first-order valence-electron chi connectivity index (χ1n) is 10.7. The highest BCUT2D eigenvalue weighted by molar-refractivity contribution is 5.41. The summed E-state index contributed by atoms with van der Waals surface area (Å²) in [4.78, 5) is 0. The van der Waals surface area contributed by atoms with Gasteiger partial charge in [0.2, 0.25) is 0 Å². The van der Waals surface area contributed by atoms with Gasteiger partial charge in [0.1, 0.15) is 0 Å². The molecular formula is C24H36O. The number of aliphatic hydroxyl groups is 1. The zero-order chi connectivity index (χ0) is 17.8. The number of hydrogen-bond donors (Lipinski definition) is 1. The molecule has 0 aliphatic heterocycles. The van der Waals surface area contributed by atoms with Gasteiger partial charge in [0.05, 0.1) is 6.10 Å². The molecule has 0 aromatic rings. The first kappa shape index (κ1) is 17.6. The molecule has 0 radical (unpaired) electrons. The summed E-state index contributed by atoms with van der Waals surface area (Å²) in [5.74, 6) is 2.50. The first-order chi connectivity index (χ1) is 11.9. The van der Waals surface area contributed by atoms with Crippen molar-refractivity contribution in [1.29, 1.82) is 0 Å². The van der Waals surface area contributed by atoms with Gasteiger partial charge in [-0.15, -0.1) is 0 Å². The molecule has 1 heteroatoms. The second-order valence-corrected chi connectivity index (χ2v) is 9.76. The number of hydrogen-bond acceptors (Lipinski definition) is 1. The number of aliphatic hydroxyl groups excluding tert-OH is 1. The third kappa shape index (κ3) is 2.52.